The van der Waals surface area contributed by atoms with E-state index < -0.39 is 0 Å². The lowest BCUT2D eigenvalue weighted by atomic mass is 10.1. The molecule has 2 unspecified atom stereocenters. The summed E-state index contributed by atoms with van der Waals surface area (Å²) in [7, 11) is 1.72. The highest BCUT2D eigenvalue weighted by molar-refractivity contribution is 5.66. The standard InChI is InChI=1S/C14H21N3O3/c1-10-7-16(8-11(2)20-10)9-12-5-4-6-13(17(18)19)14(12)15-3/h4-6,10-11,15H,7-9H2,1-3H3. The van der Waals surface area contributed by atoms with E-state index in [0.29, 0.717) is 12.2 Å². The first kappa shape index (κ1) is 14.7. The molecule has 2 rings (SSSR count). The van der Waals surface area contributed by atoms with Crippen LogP contribution in [0.25, 0.3) is 0 Å². The number of nitro benzene ring substituents is 1. The molecule has 1 heterocycles. The van der Waals surface area contributed by atoms with Gasteiger partial charge in [0.25, 0.3) is 5.69 Å². The Bertz CT molecular complexity index is 483. The molecule has 0 aliphatic carbocycles. The van der Waals surface area contributed by atoms with Gasteiger partial charge in [0.15, 0.2) is 0 Å². The van der Waals surface area contributed by atoms with Crippen molar-refractivity contribution >= 4 is 11.4 Å². The van der Waals surface area contributed by atoms with Crippen LogP contribution in [0.2, 0.25) is 0 Å². The van der Waals surface area contributed by atoms with Gasteiger partial charge in [-0.3, -0.25) is 15.0 Å². The summed E-state index contributed by atoms with van der Waals surface area (Å²) in [6.07, 6.45) is 0.381. The Labute approximate surface area is 118 Å². The van der Waals surface area contributed by atoms with Crippen molar-refractivity contribution in [2.45, 2.75) is 32.6 Å². The zero-order valence-corrected chi connectivity index (χ0v) is 12.1. The Morgan fingerprint density at radius 2 is 2.05 bits per heavy atom. The zero-order valence-electron chi connectivity index (χ0n) is 12.1. The molecule has 6 heteroatoms. The summed E-state index contributed by atoms with van der Waals surface area (Å²) in [5.41, 5.74) is 1.67. The van der Waals surface area contributed by atoms with Gasteiger partial charge in [-0.2, -0.15) is 0 Å². The normalized spacial score (nSPS) is 23.6. The number of rotatable bonds is 4. The second kappa shape index (κ2) is 6.19. The second-order valence-electron chi connectivity index (χ2n) is 5.27. The van der Waals surface area contributed by atoms with Gasteiger partial charge in [0.05, 0.1) is 17.1 Å². The molecule has 0 radical (unpaired) electrons. The minimum atomic E-state index is -0.347. The Balaban J connectivity index is 2.20. The molecular formula is C14H21N3O3. The van der Waals surface area contributed by atoms with Gasteiger partial charge in [0, 0.05) is 32.7 Å². The fourth-order valence-corrected chi connectivity index (χ4v) is 2.81. The molecular weight excluding hydrogens is 258 g/mol. The number of hydrogen-bond acceptors (Lipinski definition) is 5. The summed E-state index contributed by atoms with van der Waals surface area (Å²) < 4.78 is 5.71. The highest BCUT2D eigenvalue weighted by atomic mass is 16.6. The van der Waals surface area contributed by atoms with Gasteiger partial charge in [-0.25, -0.2) is 0 Å². The number of hydrogen-bond donors (Lipinski definition) is 1. The van der Waals surface area contributed by atoms with Crippen molar-refractivity contribution in [2.24, 2.45) is 0 Å². The van der Waals surface area contributed by atoms with Gasteiger partial charge in [0.1, 0.15) is 5.69 Å². The van der Waals surface area contributed by atoms with E-state index in [-0.39, 0.29) is 22.8 Å². The third kappa shape index (κ3) is 3.26. The monoisotopic (exact) mass is 279 g/mol. The molecule has 1 fully saturated rings. The Morgan fingerprint density at radius 3 is 2.60 bits per heavy atom. The van der Waals surface area contributed by atoms with Crippen molar-refractivity contribution < 1.29 is 9.66 Å². The van der Waals surface area contributed by atoms with Crippen LogP contribution in [0.3, 0.4) is 0 Å². The summed E-state index contributed by atoms with van der Waals surface area (Å²) in [4.78, 5) is 13.0. The summed E-state index contributed by atoms with van der Waals surface area (Å²) in [5, 5.41) is 14.0. The molecule has 6 nitrogen and oxygen atoms in total. The van der Waals surface area contributed by atoms with Crippen molar-refractivity contribution in [3.63, 3.8) is 0 Å². The lowest BCUT2D eigenvalue weighted by molar-refractivity contribution is -0.384. The quantitative estimate of drug-likeness (QED) is 0.676. The molecule has 2 atom stereocenters. The van der Waals surface area contributed by atoms with E-state index in [2.05, 4.69) is 24.1 Å². The number of ether oxygens (including phenoxy) is 1. The molecule has 0 spiro atoms. The molecule has 0 bridgehead atoms. The number of nitrogens with one attached hydrogen (secondary N) is 1. The number of benzene rings is 1. The topological polar surface area (TPSA) is 67.6 Å². The molecule has 0 saturated carbocycles. The van der Waals surface area contributed by atoms with Gasteiger partial charge in [-0.05, 0) is 19.4 Å². The Morgan fingerprint density at radius 1 is 1.40 bits per heavy atom. The third-order valence-corrected chi connectivity index (χ3v) is 3.46. The van der Waals surface area contributed by atoms with E-state index >= 15 is 0 Å². The maximum atomic E-state index is 11.1. The predicted molar refractivity (Wildman–Crippen MR) is 77.9 cm³/mol. The minimum Gasteiger partial charge on any atom is -0.382 e. The molecule has 0 amide bonds. The molecule has 110 valence electrons. The highest BCUT2D eigenvalue weighted by Crippen LogP contribution is 2.29. The first-order valence-electron chi connectivity index (χ1n) is 6.83. The fraction of sp³-hybridized carbons (Fsp3) is 0.571. The van der Waals surface area contributed by atoms with E-state index in [1.165, 1.54) is 6.07 Å². The maximum absolute atomic E-state index is 11.1. The van der Waals surface area contributed by atoms with Gasteiger partial charge < -0.3 is 10.1 Å². The van der Waals surface area contributed by atoms with Gasteiger partial charge in [-0.15, -0.1) is 0 Å². The molecule has 0 aromatic heterocycles. The first-order valence-corrected chi connectivity index (χ1v) is 6.83. The van der Waals surface area contributed by atoms with E-state index in [1.54, 1.807) is 13.1 Å². The third-order valence-electron chi connectivity index (χ3n) is 3.46. The number of nitrogens with zero attached hydrogens (tertiary/aromatic N) is 2. The van der Waals surface area contributed by atoms with E-state index in [1.807, 2.05) is 6.07 Å². The molecule has 1 aromatic carbocycles. The van der Waals surface area contributed by atoms with Gasteiger partial charge in [-0.1, -0.05) is 12.1 Å². The lowest BCUT2D eigenvalue weighted by Crippen LogP contribution is -2.44. The Kier molecular flexibility index (Phi) is 4.57. The summed E-state index contributed by atoms with van der Waals surface area (Å²) in [6, 6.07) is 5.20. The highest BCUT2D eigenvalue weighted by Gasteiger charge is 2.24. The predicted octanol–water partition coefficient (Wildman–Crippen LogP) is 2.25. The van der Waals surface area contributed by atoms with Crippen LogP contribution in [0.4, 0.5) is 11.4 Å². The van der Waals surface area contributed by atoms with Crippen LogP contribution in [-0.2, 0) is 11.3 Å². The van der Waals surface area contributed by atoms with Gasteiger partial charge in [0.2, 0.25) is 0 Å². The fourth-order valence-electron chi connectivity index (χ4n) is 2.81. The van der Waals surface area contributed by atoms with E-state index in [4.69, 9.17) is 4.74 Å². The van der Waals surface area contributed by atoms with Crippen molar-refractivity contribution in [2.75, 3.05) is 25.5 Å². The van der Waals surface area contributed by atoms with Crippen LogP contribution in [0.5, 0.6) is 0 Å². The molecule has 1 N–H and O–H groups in total. The summed E-state index contributed by atoms with van der Waals surface area (Å²) in [6.45, 7) is 6.48. The molecule has 1 aliphatic heterocycles. The van der Waals surface area contributed by atoms with E-state index in [0.717, 1.165) is 18.7 Å². The van der Waals surface area contributed by atoms with Crippen LogP contribution < -0.4 is 5.32 Å². The van der Waals surface area contributed by atoms with Crippen molar-refractivity contribution in [3.8, 4) is 0 Å². The number of nitro groups is 1. The van der Waals surface area contributed by atoms with Crippen LogP contribution >= 0.6 is 0 Å². The number of para-hydroxylation sites is 1. The zero-order chi connectivity index (χ0) is 14.7. The second-order valence-corrected chi connectivity index (χ2v) is 5.27. The summed E-state index contributed by atoms with van der Waals surface area (Å²) in [5.74, 6) is 0. The van der Waals surface area contributed by atoms with Crippen LogP contribution in [-0.4, -0.2) is 42.2 Å². The molecule has 1 aromatic rings. The number of morpholine rings is 1. The maximum Gasteiger partial charge on any atom is 0.292 e. The minimum absolute atomic E-state index is 0.124. The van der Waals surface area contributed by atoms with Crippen LogP contribution in [0.1, 0.15) is 19.4 Å². The summed E-state index contributed by atoms with van der Waals surface area (Å²) >= 11 is 0. The smallest absolute Gasteiger partial charge is 0.292 e. The van der Waals surface area contributed by atoms with Gasteiger partial charge >= 0.3 is 0 Å². The molecule has 20 heavy (non-hydrogen) atoms. The first-order chi connectivity index (χ1) is 9.51. The molecule has 1 saturated heterocycles. The number of anilines is 1. The van der Waals surface area contributed by atoms with Crippen LogP contribution in [0, 0.1) is 10.1 Å². The Hall–Kier alpha value is -1.66. The van der Waals surface area contributed by atoms with Crippen LogP contribution in [0.15, 0.2) is 18.2 Å². The van der Waals surface area contributed by atoms with Crippen molar-refractivity contribution in [1.82, 2.24) is 4.90 Å². The molecule has 1 aliphatic rings. The average Bonchev–Trinajstić information content (AvgIpc) is 2.37. The van der Waals surface area contributed by atoms with E-state index in [9.17, 15) is 10.1 Å². The van der Waals surface area contributed by atoms with Crippen molar-refractivity contribution in [1.29, 1.82) is 0 Å². The average molecular weight is 279 g/mol. The lowest BCUT2D eigenvalue weighted by Gasteiger charge is -2.35. The SMILES string of the molecule is CNc1c(CN2CC(C)OC(C)C2)cccc1[N+](=O)[O-]. The largest absolute Gasteiger partial charge is 0.382 e. The van der Waals surface area contributed by atoms with Crippen molar-refractivity contribution in [3.05, 3.63) is 33.9 Å².